The molecule has 1 aliphatic carbocycles. The Morgan fingerprint density at radius 3 is 2.48 bits per heavy atom. The molecule has 3 heteroatoms. The molecule has 3 rings (SSSR count). The van der Waals surface area contributed by atoms with Gasteiger partial charge in [0, 0.05) is 18.8 Å². The van der Waals surface area contributed by atoms with Crippen molar-refractivity contribution < 1.29 is 14.3 Å². The maximum atomic E-state index is 13.5. The van der Waals surface area contributed by atoms with Crippen molar-refractivity contribution in [2.75, 3.05) is 0 Å². The highest BCUT2D eigenvalue weighted by Gasteiger charge is 2.51. The van der Waals surface area contributed by atoms with Crippen LogP contribution in [0.4, 0.5) is 0 Å². The monoisotopic (exact) mass is 428 g/mol. The quantitative estimate of drug-likeness (QED) is 0.467. The first-order chi connectivity index (χ1) is 14.6. The number of fused-ring (bicyclic) bond motifs is 3. The molecule has 1 saturated carbocycles. The second-order valence-electron chi connectivity index (χ2n) is 11.3. The minimum atomic E-state index is -0.505. The first-order valence-electron chi connectivity index (χ1n) is 12.7. The summed E-state index contributed by atoms with van der Waals surface area (Å²) < 4.78 is 6.04. The zero-order valence-electron chi connectivity index (χ0n) is 20.7. The standard InChI is InChI=1S/C28H44O3/c1-18(2)20(4)10-11-21(5)23-13-14-24-25(29)17-27-26(30)16-22(31-27)12-9-19(3)8-7-15-28(23,24)6/h8,10-11,18,20-24,27H,7,9,12-17H2,1-6H3/b11-10+,19-8+/t20-,21+,22-,23+,24-,27-,28+/m0/s1. The lowest BCUT2D eigenvalue weighted by Gasteiger charge is -2.39. The summed E-state index contributed by atoms with van der Waals surface area (Å²) in [5.41, 5.74) is 1.37. The van der Waals surface area contributed by atoms with E-state index in [9.17, 15) is 9.59 Å². The number of carbonyl (C=O) groups is 2. The molecular weight excluding hydrogens is 384 g/mol. The highest BCUT2D eigenvalue weighted by Crippen LogP contribution is 2.55. The van der Waals surface area contributed by atoms with Crippen LogP contribution in [0, 0.1) is 35.0 Å². The van der Waals surface area contributed by atoms with Crippen LogP contribution in [0.1, 0.15) is 92.9 Å². The van der Waals surface area contributed by atoms with Gasteiger partial charge in [0.15, 0.2) is 5.78 Å². The Labute approximate surface area is 190 Å². The van der Waals surface area contributed by atoms with Gasteiger partial charge in [-0.15, -0.1) is 0 Å². The fraction of sp³-hybridized carbons (Fsp3) is 0.786. The zero-order valence-corrected chi connectivity index (χ0v) is 20.7. The average Bonchev–Trinajstić information content (AvgIpc) is 3.23. The third-order valence-corrected chi connectivity index (χ3v) is 8.77. The first-order valence-corrected chi connectivity index (χ1v) is 12.7. The van der Waals surface area contributed by atoms with E-state index in [0.717, 1.165) is 38.5 Å². The number of ketones is 2. The van der Waals surface area contributed by atoms with E-state index >= 15 is 0 Å². The summed E-state index contributed by atoms with van der Waals surface area (Å²) in [4.78, 5) is 26.0. The SMILES string of the molecule is C/C1=C\CC[C@]2(C)[C@@H]([C@H](C)/C=C/[C@H](C)C(C)C)CC[C@H]2C(=O)C[C@@H]2O[C@@H](CC1)CC2=O. The van der Waals surface area contributed by atoms with Crippen LogP contribution in [-0.2, 0) is 14.3 Å². The smallest absolute Gasteiger partial charge is 0.164 e. The van der Waals surface area contributed by atoms with E-state index in [4.69, 9.17) is 4.74 Å². The van der Waals surface area contributed by atoms with Gasteiger partial charge in [-0.2, -0.15) is 0 Å². The Morgan fingerprint density at radius 1 is 1.03 bits per heavy atom. The molecule has 2 bridgehead atoms. The second-order valence-corrected chi connectivity index (χ2v) is 11.3. The Hall–Kier alpha value is -1.22. The van der Waals surface area contributed by atoms with Gasteiger partial charge in [0.1, 0.15) is 11.9 Å². The molecule has 0 amide bonds. The third kappa shape index (κ3) is 5.59. The van der Waals surface area contributed by atoms with Crippen molar-refractivity contribution in [1.82, 2.24) is 0 Å². The summed E-state index contributed by atoms with van der Waals surface area (Å²) in [6, 6.07) is 0. The molecule has 7 atom stereocenters. The van der Waals surface area contributed by atoms with Crippen LogP contribution < -0.4 is 0 Å². The summed E-state index contributed by atoms with van der Waals surface area (Å²) in [5, 5.41) is 0. The molecule has 174 valence electrons. The number of rotatable bonds is 4. The largest absolute Gasteiger partial charge is 0.366 e. The van der Waals surface area contributed by atoms with E-state index in [0.29, 0.717) is 30.1 Å². The molecule has 3 aliphatic rings. The summed E-state index contributed by atoms with van der Waals surface area (Å²) in [6.45, 7) is 13.7. The number of allylic oxidation sites excluding steroid dienone is 4. The van der Waals surface area contributed by atoms with Gasteiger partial charge in [0.05, 0.1) is 6.10 Å². The van der Waals surface area contributed by atoms with E-state index in [1.165, 1.54) is 5.57 Å². The summed E-state index contributed by atoms with van der Waals surface area (Å²) in [6.07, 6.45) is 13.4. The van der Waals surface area contributed by atoms with E-state index in [1.807, 2.05) is 0 Å². The van der Waals surface area contributed by atoms with Crippen LogP contribution in [0.2, 0.25) is 0 Å². The van der Waals surface area contributed by atoms with Crippen LogP contribution in [0.5, 0.6) is 0 Å². The van der Waals surface area contributed by atoms with Gasteiger partial charge in [0.2, 0.25) is 0 Å². The van der Waals surface area contributed by atoms with E-state index < -0.39 is 6.10 Å². The summed E-state index contributed by atoms with van der Waals surface area (Å²) >= 11 is 0. The van der Waals surface area contributed by atoms with E-state index in [1.54, 1.807) is 0 Å². The van der Waals surface area contributed by atoms with E-state index in [2.05, 4.69) is 59.8 Å². The first kappa shape index (κ1) is 24.4. The Bertz CT molecular complexity index is 718. The van der Waals surface area contributed by atoms with Crippen molar-refractivity contribution in [2.24, 2.45) is 35.0 Å². The minimum absolute atomic E-state index is 0.00906. The number of hydrogen-bond acceptors (Lipinski definition) is 3. The van der Waals surface area contributed by atoms with Gasteiger partial charge in [-0.1, -0.05) is 58.4 Å². The normalized spacial score (nSPS) is 38.9. The molecule has 0 aromatic rings. The van der Waals surface area contributed by atoms with E-state index in [-0.39, 0.29) is 35.4 Å². The average molecular weight is 429 g/mol. The van der Waals surface area contributed by atoms with Gasteiger partial charge in [0.25, 0.3) is 0 Å². The molecule has 0 aromatic heterocycles. The molecule has 2 aliphatic heterocycles. The Kier molecular flexibility index (Phi) is 8.00. The number of ether oxygens (including phenoxy) is 1. The van der Waals surface area contributed by atoms with Crippen molar-refractivity contribution in [3.8, 4) is 0 Å². The minimum Gasteiger partial charge on any atom is -0.366 e. The maximum Gasteiger partial charge on any atom is 0.164 e. The predicted octanol–water partition coefficient (Wildman–Crippen LogP) is 6.71. The lowest BCUT2D eigenvalue weighted by atomic mass is 9.65. The van der Waals surface area contributed by atoms with Crippen molar-refractivity contribution in [3.63, 3.8) is 0 Å². The van der Waals surface area contributed by atoms with Crippen molar-refractivity contribution in [1.29, 1.82) is 0 Å². The molecule has 0 radical (unpaired) electrons. The lowest BCUT2D eigenvalue weighted by Crippen LogP contribution is -2.37. The fourth-order valence-electron chi connectivity index (χ4n) is 6.21. The molecule has 0 unspecified atom stereocenters. The molecule has 1 saturated heterocycles. The van der Waals surface area contributed by atoms with Gasteiger partial charge in [-0.25, -0.2) is 0 Å². The summed E-state index contributed by atoms with van der Waals surface area (Å²) in [5.74, 6) is 2.60. The van der Waals surface area contributed by atoms with Crippen molar-refractivity contribution >= 4 is 11.6 Å². The van der Waals surface area contributed by atoms with Gasteiger partial charge < -0.3 is 4.74 Å². The van der Waals surface area contributed by atoms with Crippen LogP contribution in [0.15, 0.2) is 23.8 Å². The Morgan fingerprint density at radius 2 is 1.77 bits per heavy atom. The molecule has 0 aromatic carbocycles. The van der Waals surface area contributed by atoms with Crippen molar-refractivity contribution in [2.45, 2.75) is 105 Å². The van der Waals surface area contributed by atoms with Gasteiger partial charge in [-0.3, -0.25) is 9.59 Å². The predicted molar refractivity (Wildman–Crippen MR) is 127 cm³/mol. The maximum absolute atomic E-state index is 13.5. The lowest BCUT2D eigenvalue weighted by molar-refractivity contribution is -0.134. The molecule has 31 heavy (non-hydrogen) atoms. The van der Waals surface area contributed by atoms with Gasteiger partial charge >= 0.3 is 0 Å². The van der Waals surface area contributed by atoms with Crippen LogP contribution in [0.3, 0.4) is 0 Å². The third-order valence-electron chi connectivity index (χ3n) is 8.77. The topological polar surface area (TPSA) is 43.4 Å². The van der Waals surface area contributed by atoms with Crippen molar-refractivity contribution in [3.05, 3.63) is 23.8 Å². The number of hydrogen-bond donors (Lipinski definition) is 0. The second kappa shape index (κ2) is 10.1. The number of carbonyl (C=O) groups excluding carboxylic acids is 2. The summed E-state index contributed by atoms with van der Waals surface area (Å²) in [7, 11) is 0. The molecule has 3 nitrogen and oxygen atoms in total. The highest BCUT2D eigenvalue weighted by atomic mass is 16.5. The molecule has 0 spiro atoms. The van der Waals surface area contributed by atoms with Gasteiger partial charge in [-0.05, 0) is 74.5 Å². The highest BCUT2D eigenvalue weighted by molar-refractivity contribution is 5.92. The molecular formula is C28H44O3. The van der Waals surface area contributed by atoms with Crippen LogP contribution in [-0.4, -0.2) is 23.8 Å². The van der Waals surface area contributed by atoms with Crippen LogP contribution >= 0.6 is 0 Å². The molecule has 2 heterocycles. The molecule has 0 N–H and O–H groups in total. The molecule has 2 fully saturated rings. The number of Topliss-reactive ketones (excluding diaryl/α,β-unsaturated/α-hetero) is 2. The fourth-order valence-corrected chi connectivity index (χ4v) is 6.21. The Balaban J connectivity index is 1.84. The zero-order chi connectivity index (χ0) is 22.8. The van der Waals surface area contributed by atoms with Crippen LogP contribution in [0.25, 0.3) is 0 Å².